The van der Waals surface area contributed by atoms with Crippen molar-refractivity contribution >= 4 is 15.7 Å². The minimum atomic E-state index is -4.47. The molecule has 1 heterocycles. The molecule has 0 amide bonds. The highest BCUT2D eigenvalue weighted by Crippen LogP contribution is 2.18. The van der Waals surface area contributed by atoms with Crippen LogP contribution >= 0.6 is 0 Å². The average molecular weight is 303 g/mol. The number of benzene rings is 1. The lowest BCUT2D eigenvalue weighted by Crippen LogP contribution is -2.29. The Morgan fingerprint density at radius 2 is 1.85 bits per heavy atom. The number of hydrogen-bond donors (Lipinski definition) is 3. The van der Waals surface area contributed by atoms with Crippen molar-refractivity contribution in [3.8, 4) is 0 Å². The molecule has 0 aliphatic carbocycles. The van der Waals surface area contributed by atoms with Gasteiger partial charge in [0.2, 0.25) is 0 Å². The minimum absolute atomic E-state index is 0.618. The fourth-order valence-corrected chi connectivity index (χ4v) is 2.44. The molecule has 0 unspecified atom stereocenters. The van der Waals surface area contributed by atoms with Gasteiger partial charge in [0.15, 0.2) is 4.90 Å². The third-order valence-electron chi connectivity index (χ3n) is 2.25. The molecule has 0 aliphatic heterocycles. The van der Waals surface area contributed by atoms with E-state index in [1.165, 1.54) is 0 Å². The number of sulfonamides is 1. The summed E-state index contributed by atoms with van der Waals surface area (Å²) in [6.45, 7) is 0. The highest BCUT2D eigenvalue weighted by atomic mass is 32.2. The van der Waals surface area contributed by atoms with Crippen LogP contribution in [0.2, 0.25) is 0 Å². The Morgan fingerprint density at radius 1 is 1.15 bits per heavy atom. The van der Waals surface area contributed by atoms with Gasteiger partial charge in [0.05, 0.1) is 5.69 Å². The van der Waals surface area contributed by atoms with Crippen LogP contribution in [0.3, 0.4) is 0 Å². The molecule has 0 spiro atoms. The molecule has 20 heavy (non-hydrogen) atoms. The van der Waals surface area contributed by atoms with E-state index >= 15 is 0 Å². The van der Waals surface area contributed by atoms with Gasteiger partial charge in [-0.25, -0.2) is 22.0 Å². The van der Waals surface area contributed by atoms with Gasteiger partial charge in [0, 0.05) is 12.3 Å². The molecular weight excluding hydrogens is 296 g/mol. The summed E-state index contributed by atoms with van der Waals surface area (Å²) in [6, 6.07) is 2.15. The van der Waals surface area contributed by atoms with Crippen molar-refractivity contribution in [2.45, 2.75) is 4.90 Å². The number of rotatable bonds is 3. The molecule has 0 saturated carbocycles. The van der Waals surface area contributed by atoms with Crippen LogP contribution in [0, 0.1) is 11.6 Å². The van der Waals surface area contributed by atoms with Crippen LogP contribution in [0.1, 0.15) is 0 Å². The highest BCUT2D eigenvalue weighted by Gasteiger charge is 2.20. The lowest BCUT2D eigenvalue weighted by Gasteiger charge is -2.07. The van der Waals surface area contributed by atoms with E-state index in [0.717, 1.165) is 12.1 Å². The standard InChI is InChI=1S/C10H7F2N3O4S/c11-5-1-2-6(12)7(3-5)15-20(18,19)8-4-13-10(17)14-9(8)16/h1-4,15H,(H2,13,14,16,17). The minimum Gasteiger partial charge on any atom is -0.313 e. The molecule has 10 heteroatoms. The van der Waals surface area contributed by atoms with E-state index in [9.17, 15) is 26.8 Å². The van der Waals surface area contributed by atoms with Gasteiger partial charge in [0.1, 0.15) is 11.6 Å². The zero-order chi connectivity index (χ0) is 14.9. The molecule has 3 N–H and O–H groups in total. The van der Waals surface area contributed by atoms with Gasteiger partial charge in [-0.15, -0.1) is 0 Å². The van der Waals surface area contributed by atoms with Crippen molar-refractivity contribution in [1.29, 1.82) is 0 Å². The van der Waals surface area contributed by atoms with Crippen LogP contribution in [-0.4, -0.2) is 18.4 Å². The summed E-state index contributed by atoms with van der Waals surface area (Å²) in [5.74, 6) is -1.88. The molecule has 0 saturated heterocycles. The number of halogens is 2. The second kappa shape index (κ2) is 4.89. The first-order valence-corrected chi connectivity index (χ1v) is 6.58. The van der Waals surface area contributed by atoms with Crippen molar-refractivity contribution in [3.05, 3.63) is 56.9 Å². The van der Waals surface area contributed by atoms with Gasteiger partial charge in [-0.3, -0.25) is 14.5 Å². The predicted octanol–water partition coefficient (Wildman–Crippen LogP) is 0.142. The van der Waals surface area contributed by atoms with E-state index in [-0.39, 0.29) is 0 Å². The molecule has 0 fully saturated rings. The maximum Gasteiger partial charge on any atom is 0.325 e. The fraction of sp³-hybridized carbons (Fsp3) is 0. The van der Waals surface area contributed by atoms with Crippen LogP contribution in [0.4, 0.5) is 14.5 Å². The lowest BCUT2D eigenvalue weighted by molar-refractivity contribution is 0.593. The molecule has 0 bridgehead atoms. The van der Waals surface area contributed by atoms with Crippen LogP contribution < -0.4 is 16.0 Å². The Morgan fingerprint density at radius 3 is 2.50 bits per heavy atom. The van der Waals surface area contributed by atoms with Gasteiger partial charge in [0.25, 0.3) is 15.6 Å². The molecule has 1 aromatic carbocycles. The second-order valence-corrected chi connectivity index (χ2v) is 5.32. The predicted molar refractivity (Wildman–Crippen MR) is 64.8 cm³/mol. The van der Waals surface area contributed by atoms with Gasteiger partial charge in [-0.1, -0.05) is 0 Å². The van der Waals surface area contributed by atoms with Gasteiger partial charge in [-0.2, -0.15) is 0 Å². The van der Waals surface area contributed by atoms with E-state index in [0.29, 0.717) is 12.3 Å². The molecule has 0 aliphatic rings. The van der Waals surface area contributed by atoms with Crippen molar-refractivity contribution in [2.75, 3.05) is 4.72 Å². The maximum absolute atomic E-state index is 13.3. The van der Waals surface area contributed by atoms with E-state index in [2.05, 4.69) is 0 Å². The number of H-pyrrole nitrogens is 2. The number of nitrogens with one attached hydrogen (secondary N) is 3. The summed E-state index contributed by atoms with van der Waals surface area (Å²) in [7, 11) is -4.47. The molecule has 1 aromatic heterocycles. The van der Waals surface area contributed by atoms with Crippen molar-refractivity contribution < 1.29 is 17.2 Å². The van der Waals surface area contributed by atoms with Gasteiger partial charge in [-0.05, 0) is 12.1 Å². The highest BCUT2D eigenvalue weighted by molar-refractivity contribution is 7.92. The van der Waals surface area contributed by atoms with Crippen molar-refractivity contribution in [2.24, 2.45) is 0 Å². The molecule has 0 atom stereocenters. The van der Waals surface area contributed by atoms with E-state index in [1.807, 2.05) is 4.98 Å². The van der Waals surface area contributed by atoms with Crippen molar-refractivity contribution in [1.82, 2.24) is 9.97 Å². The first-order chi connectivity index (χ1) is 9.29. The lowest BCUT2D eigenvalue weighted by atomic mass is 10.3. The zero-order valence-electron chi connectivity index (χ0n) is 9.61. The summed E-state index contributed by atoms with van der Waals surface area (Å²) in [6.07, 6.45) is 0.653. The molecule has 2 aromatic rings. The zero-order valence-corrected chi connectivity index (χ0v) is 10.4. The Hall–Kier alpha value is -2.49. The van der Waals surface area contributed by atoms with E-state index < -0.39 is 43.5 Å². The second-order valence-electron chi connectivity index (χ2n) is 3.67. The molecule has 106 valence electrons. The number of aromatic amines is 2. The third kappa shape index (κ3) is 2.74. The summed E-state index contributed by atoms with van der Waals surface area (Å²) in [5, 5.41) is 0. The maximum atomic E-state index is 13.3. The largest absolute Gasteiger partial charge is 0.325 e. The van der Waals surface area contributed by atoms with Crippen molar-refractivity contribution in [3.63, 3.8) is 0 Å². The molecule has 7 nitrogen and oxygen atoms in total. The third-order valence-corrected chi connectivity index (χ3v) is 3.62. The van der Waals surface area contributed by atoms with Gasteiger partial charge >= 0.3 is 5.69 Å². The summed E-state index contributed by atoms with van der Waals surface area (Å²) >= 11 is 0. The quantitative estimate of drug-likeness (QED) is 0.748. The Balaban J connectivity index is 2.49. The van der Waals surface area contributed by atoms with E-state index in [1.54, 1.807) is 9.71 Å². The summed E-state index contributed by atoms with van der Waals surface area (Å²) in [4.78, 5) is 25.0. The van der Waals surface area contributed by atoms with Crippen LogP contribution in [0.15, 0.2) is 38.9 Å². The normalized spacial score (nSPS) is 11.3. The first-order valence-electron chi connectivity index (χ1n) is 5.09. The monoisotopic (exact) mass is 303 g/mol. The summed E-state index contributed by atoms with van der Waals surface area (Å²) in [5.41, 5.74) is -2.74. The Kier molecular flexibility index (Phi) is 3.40. The van der Waals surface area contributed by atoms with Crippen LogP contribution in [-0.2, 0) is 10.0 Å². The Bertz CT molecular complexity index is 873. The SMILES string of the molecule is O=c1[nH]cc(S(=O)(=O)Nc2cc(F)ccc2F)c(=O)[nH]1. The molecule has 2 rings (SSSR count). The Labute approximate surface area is 110 Å². The number of hydrogen-bond acceptors (Lipinski definition) is 4. The topological polar surface area (TPSA) is 112 Å². The number of aromatic nitrogens is 2. The van der Waals surface area contributed by atoms with E-state index in [4.69, 9.17) is 0 Å². The smallest absolute Gasteiger partial charge is 0.313 e. The first kappa shape index (κ1) is 13.9. The summed E-state index contributed by atoms with van der Waals surface area (Å²) < 4.78 is 51.7. The number of anilines is 1. The molecular formula is C10H7F2N3O4S. The van der Waals surface area contributed by atoms with Crippen LogP contribution in [0.5, 0.6) is 0 Å². The van der Waals surface area contributed by atoms with Gasteiger partial charge < -0.3 is 4.98 Å². The average Bonchev–Trinajstić information content (AvgIpc) is 2.33. The fourth-order valence-electron chi connectivity index (χ4n) is 1.37. The molecule has 0 radical (unpaired) electrons. The van der Waals surface area contributed by atoms with Crippen LogP contribution in [0.25, 0.3) is 0 Å².